The second-order valence-corrected chi connectivity index (χ2v) is 7.75. The van der Waals surface area contributed by atoms with Crippen LogP contribution in [-0.4, -0.2) is 59.7 Å². The third-order valence-corrected chi connectivity index (χ3v) is 5.63. The number of benzene rings is 2. The third kappa shape index (κ3) is 6.48. The molecule has 0 saturated carbocycles. The standard InChI is InChI=1S/C25H32N6.HI/c1-2-26-25(30-19-17-29(18-20-30)23-11-7-4-8-12-23)28-14-13-24-27-15-16-31(24)21-22-9-5-3-6-10-22;/h3-12,15-16H,2,13-14,17-21H2,1H3,(H,26,28);1H. The van der Waals surface area contributed by atoms with Gasteiger partial charge in [0.2, 0.25) is 0 Å². The summed E-state index contributed by atoms with van der Waals surface area (Å²) in [6.45, 7) is 8.55. The smallest absolute Gasteiger partial charge is 0.194 e. The lowest BCUT2D eigenvalue weighted by Crippen LogP contribution is -2.52. The van der Waals surface area contributed by atoms with Gasteiger partial charge in [-0.2, -0.15) is 0 Å². The number of nitrogens with one attached hydrogen (secondary N) is 1. The summed E-state index contributed by atoms with van der Waals surface area (Å²) in [4.78, 5) is 14.3. The quantitative estimate of drug-likeness (QED) is 0.279. The molecule has 6 nitrogen and oxygen atoms in total. The van der Waals surface area contributed by atoms with Crippen molar-refractivity contribution in [1.29, 1.82) is 0 Å². The number of guanidine groups is 1. The predicted octanol–water partition coefficient (Wildman–Crippen LogP) is 3.88. The molecule has 170 valence electrons. The summed E-state index contributed by atoms with van der Waals surface area (Å²) in [5.74, 6) is 2.09. The number of para-hydroxylation sites is 1. The second-order valence-electron chi connectivity index (χ2n) is 7.75. The van der Waals surface area contributed by atoms with E-state index in [1.807, 2.05) is 6.20 Å². The van der Waals surface area contributed by atoms with Crippen LogP contribution in [0.4, 0.5) is 5.69 Å². The van der Waals surface area contributed by atoms with Crippen LogP contribution in [0.3, 0.4) is 0 Å². The first kappa shape index (κ1) is 24.1. The van der Waals surface area contributed by atoms with E-state index >= 15 is 0 Å². The van der Waals surface area contributed by atoms with Gasteiger partial charge in [-0.3, -0.25) is 4.99 Å². The van der Waals surface area contributed by atoms with Crippen LogP contribution >= 0.6 is 24.0 Å². The summed E-state index contributed by atoms with van der Waals surface area (Å²) in [6.07, 6.45) is 4.77. The van der Waals surface area contributed by atoms with Crippen molar-refractivity contribution >= 4 is 35.6 Å². The number of aliphatic imine (C=N–C) groups is 1. The van der Waals surface area contributed by atoms with Crippen LogP contribution in [0.25, 0.3) is 0 Å². The summed E-state index contributed by atoms with van der Waals surface area (Å²) in [5.41, 5.74) is 2.59. The van der Waals surface area contributed by atoms with Gasteiger partial charge in [-0.05, 0) is 24.6 Å². The van der Waals surface area contributed by atoms with Gasteiger partial charge in [0.15, 0.2) is 5.96 Å². The van der Waals surface area contributed by atoms with Crippen LogP contribution in [0.2, 0.25) is 0 Å². The van der Waals surface area contributed by atoms with E-state index in [-0.39, 0.29) is 24.0 Å². The molecule has 0 atom stereocenters. The molecular formula is C25H33IN6. The van der Waals surface area contributed by atoms with Gasteiger partial charge in [0.05, 0.1) is 0 Å². The van der Waals surface area contributed by atoms with Crippen molar-refractivity contribution in [3.05, 3.63) is 84.4 Å². The highest BCUT2D eigenvalue weighted by atomic mass is 127. The molecule has 7 heteroatoms. The number of halogens is 1. The van der Waals surface area contributed by atoms with Gasteiger partial charge in [-0.15, -0.1) is 24.0 Å². The maximum Gasteiger partial charge on any atom is 0.194 e. The number of hydrogen-bond donors (Lipinski definition) is 1. The van der Waals surface area contributed by atoms with Crippen molar-refractivity contribution in [3.63, 3.8) is 0 Å². The Labute approximate surface area is 208 Å². The maximum atomic E-state index is 4.92. The average molecular weight is 544 g/mol. The summed E-state index contributed by atoms with van der Waals surface area (Å²) in [5, 5.41) is 3.47. The molecule has 2 heterocycles. The van der Waals surface area contributed by atoms with Crippen molar-refractivity contribution in [2.75, 3.05) is 44.2 Å². The van der Waals surface area contributed by atoms with Gasteiger partial charge in [0, 0.05) is 70.3 Å². The number of anilines is 1. The first-order chi connectivity index (χ1) is 15.3. The summed E-state index contributed by atoms with van der Waals surface area (Å²) in [7, 11) is 0. The zero-order chi connectivity index (χ0) is 21.3. The number of imidazole rings is 1. The molecule has 2 aromatic carbocycles. The van der Waals surface area contributed by atoms with Crippen LogP contribution in [0.1, 0.15) is 18.3 Å². The van der Waals surface area contributed by atoms with Crippen molar-refractivity contribution in [1.82, 2.24) is 19.8 Å². The highest BCUT2D eigenvalue weighted by Gasteiger charge is 2.19. The fourth-order valence-electron chi connectivity index (χ4n) is 4.00. The molecule has 0 spiro atoms. The zero-order valence-corrected chi connectivity index (χ0v) is 21.1. The van der Waals surface area contributed by atoms with E-state index in [2.05, 4.69) is 98.5 Å². The second kappa shape index (κ2) is 12.5. The molecule has 1 aliphatic heterocycles. The highest BCUT2D eigenvalue weighted by Crippen LogP contribution is 2.15. The van der Waals surface area contributed by atoms with Gasteiger partial charge in [-0.1, -0.05) is 48.5 Å². The molecule has 0 radical (unpaired) electrons. The van der Waals surface area contributed by atoms with Crippen LogP contribution in [0.5, 0.6) is 0 Å². The van der Waals surface area contributed by atoms with Gasteiger partial charge >= 0.3 is 0 Å². The lowest BCUT2D eigenvalue weighted by molar-refractivity contribution is 0.372. The molecule has 1 fully saturated rings. The number of rotatable bonds is 7. The first-order valence-corrected chi connectivity index (χ1v) is 11.2. The van der Waals surface area contributed by atoms with Crippen LogP contribution in [0, 0.1) is 0 Å². The van der Waals surface area contributed by atoms with E-state index in [0.717, 1.165) is 64.0 Å². The summed E-state index contributed by atoms with van der Waals surface area (Å²) in [6, 6.07) is 21.2. The zero-order valence-electron chi connectivity index (χ0n) is 18.7. The minimum Gasteiger partial charge on any atom is -0.368 e. The van der Waals surface area contributed by atoms with Crippen LogP contribution < -0.4 is 10.2 Å². The molecule has 0 unspecified atom stereocenters. The Morgan fingerprint density at radius 2 is 1.66 bits per heavy atom. The average Bonchev–Trinajstić information content (AvgIpc) is 3.26. The number of aromatic nitrogens is 2. The number of hydrogen-bond acceptors (Lipinski definition) is 3. The van der Waals surface area contributed by atoms with Crippen LogP contribution in [-0.2, 0) is 13.0 Å². The normalized spacial score (nSPS) is 14.2. The molecule has 32 heavy (non-hydrogen) atoms. The van der Waals surface area contributed by atoms with Crippen molar-refractivity contribution in [2.24, 2.45) is 4.99 Å². The topological polar surface area (TPSA) is 48.7 Å². The van der Waals surface area contributed by atoms with E-state index < -0.39 is 0 Å². The molecule has 0 aliphatic carbocycles. The summed E-state index contributed by atoms with van der Waals surface area (Å²) >= 11 is 0. The number of nitrogens with zero attached hydrogens (tertiary/aromatic N) is 5. The molecule has 1 aromatic heterocycles. The Morgan fingerprint density at radius 3 is 2.34 bits per heavy atom. The van der Waals surface area contributed by atoms with Gasteiger partial charge < -0.3 is 19.7 Å². The Bertz CT molecular complexity index is 949. The number of piperazine rings is 1. The monoisotopic (exact) mass is 544 g/mol. The van der Waals surface area contributed by atoms with E-state index in [1.165, 1.54) is 11.3 Å². The molecular weight excluding hydrogens is 511 g/mol. The van der Waals surface area contributed by atoms with Gasteiger partial charge in [0.25, 0.3) is 0 Å². The third-order valence-electron chi connectivity index (χ3n) is 5.63. The fraction of sp³-hybridized carbons (Fsp3) is 0.360. The molecule has 0 amide bonds. The van der Waals surface area contributed by atoms with E-state index in [9.17, 15) is 0 Å². The fourth-order valence-corrected chi connectivity index (χ4v) is 4.00. The Balaban J connectivity index is 0.00000289. The van der Waals surface area contributed by atoms with Crippen molar-refractivity contribution < 1.29 is 0 Å². The molecule has 1 aliphatic rings. The SMILES string of the molecule is CCNC(=NCCc1nccn1Cc1ccccc1)N1CCN(c2ccccc2)CC1.I. The lowest BCUT2D eigenvalue weighted by Gasteiger charge is -2.37. The van der Waals surface area contributed by atoms with Gasteiger partial charge in [-0.25, -0.2) is 4.98 Å². The Morgan fingerprint density at radius 1 is 0.969 bits per heavy atom. The lowest BCUT2D eigenvalue weighted by atomic mass is 10.2. The molecule has 1 N–H and O–H groups in total. The van der Waals surface area contributed by atoms with Crippen molar-refractivity contribution in [3.8, 4) is 0 Å². The molecule has 1 saturated heterocycles. The van der Waals surface area contributed by atoms with E-state index in [4.69, 9.17) is 4.99 Å². The molecule has 4 rings (SSSR count). The van der Waals surface area contributed by atoms with E-state index in [1.54, 1.807) is 0 Å². The summed E-state index contributed by atoms with van der Waals surface area (Å²) < 4.78 is 2.22. The Kier molecular flexibility index (Phi) is 9.40. The van der Waals surface area contributed by atoms with Gasteiger partial charge in [0.1, 0.15) is 5.82 Å². The Hall–Kier alpha value is -2.55. The molecule has 0 bridgehead atoms. The first-order valence-electron chi connectivity index (χ1n) is 11.2. The minimum absolute atomic E-state index is 0. The largest absolute Gasteiger partial charge is 0.368 e. The predicted molar refractivity (Wildman–Crippen MR) is 143 cm³/mol. The molecule has 3 aromatic rings. The van der Waals surface area contributed by atoms with Crippen LogP contribution in [0.15, 0.2) is 78.0 Å². The highest BCUT2D eigenvalue weighted by molar-refractivity contribution is 14.0. The maximum absolute atomic E-state index is 4.92. The van der Waals surface area contributed by atoms with Crippen molar-refractivity contribution in [2.45, 2.75) is 19.9 Å². The minimum atomic E-state index is 0. The van der Waals surface area contributed by atoms with E-state index in [0.29, 0.717) is 0 Å².